The van der Waals surface area contributed by atoms with Crippen molar-refractivity contribution in [3.8, 4) is 17.2 Å². The molecule has 0 aliphatic carbocycles. The minimum atomic E-state index is -0.0964. The summed E-state index contributed by atoms with van der Waals surface area (Å²) in [7, 11) is 0. The SMILES string of the molecule is CCCCc1nc(C)n(Cc2cccc(C(C)=O)c2)c(=O)c1Cc1cccc(-c2ccccc2)c1C#N. The van der Waals surface area contributed by atoms with Gasteiger partial charge < -0.3 is 0 Å². The first-order chi connectivity index (χ1) is 17.9. The van der Waals surface area contributed by atoms with E-state index in [4.69, 9.17) is 4.98 Å². The third-order valence-electron chi connectivity index (χ3n) is 6.69. The van der Waals surface area contributed by atoms with Crippen LogP contribution < -0.4 is 5.56 Å². The Morgan fingerprint density at radius 3 is 2.49 bits per heavy atom. The Kier molecular flexibility index (Phi) is 8.10. The summed E-state index contributed by atoms with van der Waals surface area (Å²) in [5.74, 6) is 0.633. The zero-order valence-corrected chi connectivity index (χ0v) is 21.6. The van der Waals surface area contributed by atoms with Crippen molar-refractivity contribution in [1.29, 1.82) is 5.26 Å². The molecule has 0 bridgehead atoms. The number of aromatic nitrogens is 2. The summed E-state index contributed by atoms with van der Waals surface area (Å²) in [6.07, 6.45) is 2.97. The van der Waals surface area contributed by atoms with Crippen molar-refractivity contribution in [3.63, 3.8) is 0 Å². The first kappa shape index (κ1) is 25.8. The number of carbonyl (C=O) groups is 1. The molecule has 0 spiro atoms. The van der Waals surface area contributed by atoms with Crippen LogP contribution >= 0.6 is 0 Å². The largest absolute Gasteiger partial charge is 0.295 e. The summed E-state index contributed by atoms with van der Waals surface area (Å²) in [6.45, 7) is 5.84. The van der Waals surface area contributed by atoms with Crippen LogP contribution in [0.25, 0.3) is 11.1 Å². The maximum Gasteiger partial charge on any atom is 0.257 e. The van der Waals surface area contributed by atoms with Crippen LogP contribution in [0.1, 0.15) is 70.8 Å². The lowest BCUT2D eigenvalue weighted by molar-refractivity contribution is 0.101. The van der Waals surface area contributed by atoms with E-state index >= 15 is 0 Å². The fourth-order valence-electron chi connectivity index (χ4n) is 4.67. The first-order valence-electron chi connectivity index (χ1n) is 12.7. The molecule has 0 unspecified atom stereocenters. The second kappa shape index (κ2) is 11.6. The molecule has 0 N–H and O–H groups in total. The fraction of sp³-hybridized carbons (Fsp3) is 0.250. The predicted molar refractivity (Wildman–Crippen MR) is 147 cm³/mol. The van der Waals surface area contributed by atoms with Gasteiger partial charge in [0.1, 0.15) is 11.9 Å². The lowest BCUT2D eigenvalue weighted by atomic mass is 9.92. The number of ketones is 1. The molecule has 5 nitrogen and oxygen atoms in total. The van der Waals surface area contributed by atoms with Gasteiger partial charge in [0.15, 0.2) is 5.78 Å². The zero-order valence-electron chi connectivity index (χ0n) is 21.6. The lowest BCUT2D eigenvalue weighted by Gasteiger charge is -2.17. The Hall–Kier alpha value is -4.30. The molecule has 186 valence electrons. The van der Waals surface area contributed by atoms with Gasteiger partial charge >= 0.3 is 0 Å². The van der Waals surface area contributed by atoms with E-state index in [-0.39, 0.29) is 11.3 Å². The van der Waals surface area contributed by atoms with Gasteiger partial charge in [-0.3, -0.25) is 14.2 Å². The summed E-state index contributed by atoms with van der Waals surface area (Å²) in [4.78, 5) is 30.7. The highest BCUT2D eigenvalue weighted by Gasteiger charge is 2.18. The van der Waals surface area contributed by atoms with Crippen LogP contribution in [0.3, 0.4) is 0 Å². The quantitative estimate of drug-likeness (QED) is 0.260. The van der Waals surface area contributed by atoms with Crippen molar-refractivity contribution in [1.82, 2.24) is 9.55 Å². The van der Waals surface area contributed by atoms with E-state index in [0.717, 1.165) is 40.8 Å². The molecule has 1 heterocycles. The lowest BCUT2D eigenvalue weighted by Crippen LogP contribution is -2.30. The summed E-state index contributed by atoms with van der Waals surface area (Å²) in [5, 5.41) is 10.1. The Balaban J connectivity index is 1.81. The molecule has 4 rings (SSSR count). The molecule has 0 fully saturated rings. The smallest absolute Gasteiger partial charge is 0.257 e. The maximum absolute atomic E-state index is 13.9. The van der Waals surface area contributed by atoms with Crippen LogP contribution in [-0.4, -0.2) is 15.3 Å². The Bertz CT molecular complexity index is 1530. The van der Waals surface area contributed by atoms with Crippen molar-refractivity contribution in [3.05, 3.63) is 122 Å². The molecule has 5 heteroatoms. The van der Waals surface area contributed by atoms with Crippen molar-refractivity contribution < 1.29 is 4.79 Å². The molecular weight excluding hydrogens is 458 g/mol. The number of carbonyl (C=O) groups excluding carboxylic acids is 1. The maximum atomic E-state index is 13.9. The topological polar surface area (TPSA) is 75.8 Å². The number of Topliss-reactive ketones (excluding diaryl/α,β-unsaturated/α-hetero) is 1. The van der Waals surface area contributed by atoms with E-state index in [2.05, 4.69) is 13.0 Å². The number of nitrogens with zero attached hydrogens (tertiary/aromatic N) is 3. The molecule has 0 saturated carbocycles. The van der Waals surface area contributed by atoms with E-state index < -0.39 is 0 Å². The highest BCUT2D eigenvalue weighted by Crippen LogP contribution is 2.27. The van der Waals surface area contributed by atoms with E-state index in [1.807, 2.05) is 73.7 Å². The number of nitriles is 1. The van der Waals surface area contributed by atoms with Crippen molar-refractivity contribution in [2.24, 2.45) is 0 Å². The normalized spacial score (nSPS) is 10.8. The molecule has 4 aromatic rings. The summed E-state index contributed by atoms with van der Waals surface area (Å²) >= 11 is 0. The zero-order chi connectivity index (χ0) is 26.4. The van der Waals surface area contributed by atoms with Gasteiger partial charge in [-0.25, -0.2) is 4.98 Å². The minimum absolute atomic E-state index is 0.0121. The van der Waals surface area contributed by atoms with Crippen LogP contribution in [0, 0.1) is 18.3 Å². The summed E-state index contributed by atoms with van der Waals surface area (Å²) in [5.41, 5.74) is 6.04. The molecule has 0 saturated heterocycles. The molecule has 3 aromatic carbocycles. The molecule has 0 radical (unpaired) electrons. The van der Waals surface area contributed by atoms with Gasteiger partial charge in [0.05, 0.1) is 17.8 Å². The van der Waals surface area contributed by atoms with Crippen LogP contribution in [-0.2, 0) is 19.4 Å². The van der Waals surface area contributed by atoms with Crippen LogP contribution in [0.4, 0.5) is 0 Å². The Labute approximate surface area is 218 Å². The highest BCUT2D eigenvalue weighted by atomic mass is 16.1. The molecule has 0 aliphatic heterocycles. The van der Waals surface area contributed by atoms with Crippen molar-refractivity contribution in [2.75, 3.05) is 0 Å². The van der Waals surface area contributed by atoms with Gasteiger partial charge in [-0.1, -0.05) is 80.1 Å². The van der Waals surface area contributed by atoms with Crippen molar-refractivity contribution >= 4 is 5.78 Å². The Morgan fingerprint density at radius 2 is 1.78 bits per heavy atom. The van der Waals surface area contributed by atoms with Gasteiger partial charge in [-0.15, -0.1) is 0 Å². The van der Waals surface area contributed by atoms with Gasteiger partial charge in [0.2, 0.25) is 0 Å². The molecule has 0 atom stereocenters. The molecule has 1 aromatic heterocycles. The standard InChI is InChI=1S/C32H31N3O2/c1-4-5-17-31-29(19-27-15-10-16-28(30(27)20-33)25-12-7-6-8-13-25)32(37)35(23(3)34-31)21-24-11-9-14-26(18-24)22(2)36/h6-16,18H,4-5,17,19,21H2,1-3H3. The van der Waals surface area contributed by atoms with E-state index in [9.17, 15) is 14.9 Å². The monoisotopic (exact) mass is 489 g/mol. The molecule has 0 amide bonds. The van der Waals surface area contributed by atoms with Crippen LogP contribution in [0.15, 0.2) is 77.6 Å². The Morgan fingerprint density at radius 1 is 1.03 bits per heavy atom. The number of aryl methyl sites for hydroxylation is 2. The second-order valence-electron chi connectivity index (χ2n) is 9.33. The third kappa shape index (κ3) is 5.76. The molecule has 0 aliphatic rings. The van der Waals surface area contributed by atoms with Gasteiger partial charge in [0.25, 0.3) is 5.56 Å². The average Bonchev–Trinajstić information content (AvgIpc) is 2.92. The van der Waals surface area contributed by atoms with E-state index in [1.165, 1.54) is 6.92 Å². The second-order valence-corrected chi connectivity index (χ2v) is 9.33. The van der Waals surface area contributed by atoms with Crippen LogP contribution in [0.5, 0.6) is 0 Å². The molecule has 37 heavy (non-hydrogen) atoms. The highest BCUT2D eigenvalue weighted by molar-refractivity contribution is 5.94. The number of benzene rings is 3. The van der Waals surface area contributed by atoms with Gasteiger partial charge in [-0.2, -0.15) is 5.26 Å². The fourth-order valence-corrected chi connectivity index (χ4v) is 4.67. The molecular formula is C32H31N3O2. The summed E-state index contributed by atoms with van der Waals surface area (Å²) in [6, 6.07) is 25.4. The predicted octanol–water partition coefficient (Wildman–Crippen LogP) is 6.27. The minimum Gasteiger partial charge on any atom is -0.295 e. The van der Waals surface area contributed by atoms with Gasteiger partial charge in [0, 0.05) is 17.5 Å². The number of rotatable bonds is 9. The summed E-state index contributed by atoms with van der Waals surface area (Å²) < 4.78 is 1.68. The van der Waals surface area contributed by atoms with E-state index in [1.54, 1.807) is 10.6 Å². The first-order valence-corrected chi connectivity index (χ1v) is 12.7. The number of hydrogen-bond acceptors (Lipinski definition) is 4. The average molecular weight is 490 g/mol. The van der Waals surface area contributed by atoms with Gasteiger partial charge in [-0.05, 0) is 55.0 Å². The van der Waals surface area contributed by atoms with E-state index in [0.29, 0.717) is 41.9 Å². The number of hydrogen-bond donors (Lipinski definition) is 0. The van der Waals surface area contributed by atoms with Crippen LogP contribution in [0.2, 0.25) is 0 Å². The van der Waals surface area contributed by atoms with Crippen molar-refractivity contribution in [2.45, 2.75) is 53.0 Å². The third-order valence-corrected chi connectivity index (χ3v) is 6.69. The number of unbranched alkanes of at least 4 members (excludes halogenated alkanes) is 1.